The first-order valence-corrected chi connectivity index (χ1v) is 8.28. The zero-order valence-corrected chi connectivity index (χ0v) is 13.0. The van der Waals surface area contributed by atoms with Crippen LogP contribution in [-0.2, 0) is 6.54 Å². The zero-order valence-electron chi connectivity index (χ0n) is 13.0. The molecule has 0 spiro atoms. The minimum absolute atomic E-state index is 0.304. The number of hydrogen-bond donors (Lipinski definition) is 2. The van der Waals surface area contributed by atoms with E-state index in [4.69, 9.17) is 4.42 Å². The molecular weight excluding hydrogens is 266 g/mol. The van der Waals surface area contributed by atoms with Crippen molar-refractivity contribution in [2.75, 3.05) is 32.0 Å². The van der Waals surface area contributed by atoms with Gasteiger partial charge in [0.2, 0.25) is 5.89 Å². The normalized spacial score (nSPS) is 22.5. The van der Waals surface area contributed by atoms with E-state index in [0.29, 0.717) is 24.0 Å². The average molecular weight is 293 g/mol. The van der Waals surface area contributed by atoms with Crippen molar-refractivity contribution in [1.29, 1.82) is 0 Å². The molecule has 6 nitrogen and oxygen atoms in total. The van der Waals surface area contributed by atoms with Crippen LogP contribution in [0.15, 0.2) is 4.42 Å². The fourth-order valence-electron chi connectivity index (χ4n) is 3.79. The SMILES string of the molecule is CNCc1nnc(NCC2(N3CCCCC3)CCCC2)o1. The number of hydrogen-bond acceptors (Lipinski definition) is 6. The van der Waals surface area contributed by atoms with Gasteiger partial charge in [-0.1, -0.05) is 24.4 Å². The van der Waals surface area contributed by atoms with Crippen LogP contribution < -0.4 is 10.6 Å². The van der Waals surface area contributed by atoms with E-state index >= 15 is 0 Å². The monoisotopic (exact) mass is 293 g/mol. The molecule has 3 rings (SSSR count). The molecule has 0 aromatic carbocycles. The lowest BCUT2D eigenvalue weighted by atomic mass is 9.92. The van der Waals surface area contributed by atoms with Gasteiger partial charge < -0.3 is 15.1 Å². The van der Waals surface area contributed by atoms with Crippen LogP contribution in [-0.4, -0.2) is 47.3 Å². The molecule has 0 bridgehead atoms. The highest BCUT2D eigenvalue weighted by molar-refractivity contribution is 5.20. The van der Waals surface area contributed by atoms with Gasteiger partial charge >= 0.3 is 6.01 Å². The lowest BCUT2D eigenvalue weighted by molar-refractivity contribution is 0.0803. The van der Waals surface area contributed by atoms with Crippen molar-refractivity contribution in [2.45, 2.75) is 57.0 Å². The molecule has 1 saturated heterocycles. The highest BCUT2D eigenvalue weighted by atomic mass is 16.4. The van der Waals surface area contributed by atoms with Crippen LogP contribution in [0.5, 0.6) is 0 Å². The van der Waals surface area contributed by atoms with Crippen molar-refractivity contribution >= 4 is 6.01 Å². The third-order valence-electron chi connectivity index (χ3n) is 4.92. The summed E-state index contributed by atoms with van der Waals surface area (Å²) in [6.45, 7) is 4.03. The van der Waals surface area contributed by atoms with Crippen LogP contribution in [0.1, 0.15) is 50.8 Å². The highest BCUT2D eigenvalue weighted by Gasteiger charge is 2.39. The number of anilines is 1. The quantitative estimate of drug-likeness (QED) is 0.836. The molecule has 1 aromatic rings. The summed E-state index contributed by atoms with van der Waals surface area (Å²) in [7, 11) is 1.88. The van der Waals surface area contributed by atoms with Gasteiger partial charge in [0.15, 0.2) is 0 Å². The van der Waals surface area contributed by atoms with Crippen molar-refractivity contribution in [3.05, 3.63) is 5.89 Å². The van der Waals surface area contributed by atoms with E-state index in [1.807, 2.05) is 7.05 Å². The van der Waals surface area contributed by atoms with Gasteiger partial charge in [-0.3, -0.25) is 4.90 Å². The zero-order chi connectivity index (χ0) is 14.5. The summed E-state index contributed by atoms with van der Waals surface area (Å²) in [6, 6.07) is 0.559. The minimum atomic E-state index is 0.304. The molecule has 2 heterocycles. The van der Waals surface area contributed by atoms with Gasteiger partial charge in [-0.15, -0.1) is 5.10 Å². The summed E-state index contributed by atoms with van der Waals surface area (Å²) in [5.41, 5.74) is 0.304. The molecule has 1 aliphatic carbocycles. The molecular formula is C15H27N5O. The Bertz CT molecular complexity index is 435. The Hall–Kier alpha value is -1.14. The molecule has 0 atom stereocenters. The maximum atomic E-state index is 5.60. The largest absolute Gasteiger partial charge is 0.407 e. The summed E-state index contributed by atoms with van der Waals surface area (Å²) in [5, 5.41) is 14.5. The van der Waals surface area contributed by atoms with Gasteiger partial charge in [-0.05, 0) is 45.8 Å². The highest BCUT2D eigenvalue weighted by Crippen LogP contribution is 2.37. The molecule has 0 radical (unpaired) electrons. The number of nitrogens with zero attached hydrogens (tertiary/aromatic N) is 3. The molecule has 0 amide bonds. The van der Waals surface area contributed by atoms with E-state index < -0.39 is 0 Å². The van der Waals surface area contributed by atoms with E-state index in [1.165, 1.54) is 58.0 Å². The second-order valence-corrected chi connectivity index (χ2v) is 6.36. The van der Waals surface area contributed by atoms with Crippen molar-refractivity contribution in [2.24, 2.45) is 0 Å². The molecule has 2 aliphatic rings. The molecule has 1 saturated carbocycles. The van der Waals surface area contributed by atoms with E-state index in [2.05, 4.69) is 25.7 Å². The van der Waals surface area contributed by atoms with Crippen molar-refractivity contribution in [3.8, 4) is 0 Å². The molecule has 1 aliphatic heterocycles. The summed E-state index contributed by atoms with van der Waals surface area (Å²) in [4.78, 5) is 2.71. The van der Waals surface area contributed by atoms with Crippen LogP contribution >= 0.6 is 0 Å². The van der Waals surface area contributed by atoms with Crippen LogP contribution in [0.3, 0.4) is 0 Å². The Balaban J connectivity index is 1.61. The molecule has 118 valence electrons. The molecule has 0 unspecified atom stereocenters. The summed E-state index contributed by atoms with van der Waals surface area (Å²) in [6.07, 6.45) is 9.33. The maximum absolute atomic E-state index is 5.60. The van der Waals surface area contributed by atoms with Gasteiger partial charge in [0, 0.05) is 12.1 Å². The second kappa shape index (κ2) is 6.75. The first-order chi connectivity index (χ1) is 10.3. The van der Waals surface area contributed by atoms with Gasteiger partial charge in [-0.2, -0.15) is 0 Å². The summed E-state index contributed by atoms with van der Waals surface area (Å²) in [5.74, 6) is 0.637. The Kier molecular flexibility index (Phi) is 4.75. The van der Waals surface area contributed by atoms with E-state index in [0.717, 1.165) is 6.54 Å². The topological polar surface area (TPSA) is 66.2 Å². The van der Waals surface area contributed by atoms with Crippen molar-refractivity contribution in [1.82, 2.24) is 20.4 Å². The van der Waals surface area contributed by atoms with Crippen LogP contribution in [0.25, 0.3) is 0 Å². The average Bonchev–Trinajstić information content (AvgIpc) is 3.17. The van der Waals surface area contributed by atoms with Crippen molar-refractivity contribution < 1.29 is 4.42 Å². The third-order valence-corrected chi connectivity index (χ3v) is 4.92. The Morgan fingerprint density at radius 1 is 1.10 bits per heavy atom. The molecule has 2 N–H and O–H groups in total. The standard InChI is InChI=1S/C15H27N5O/c1-16-11-13-18-19-14(21-13)17-12-15(7-3-4-8-15)20-9-5-2-6-10-20/h16H,2-12H2,1H3,(H,17,19). The smallest absolute Gasteiger partial charge is 0.315 e. The van der Waals surface area contributed by atoms with Crippen LogP contribution in [0.2, 0.25) is 0 Å². The Morgan fingerprint density at radius 3 is 2.57 bits per heavy atom. The van der Waals surface area contributed by atoms with E-state index in [-0.39, 0.29) is 0 Å². The van der Waals surface area contributed by atoms with E-state index in [1.54, 1.807) is 0 Å². The minimum Gasteiger partial charge on any atom is -0.407 e. The Labute approximate surface area is 126 Å². The predicted molar refractivity (Wildman–Crippen MR) is 82.2 cm³/mol. The number of rotatable bonds is 6. The summed E-state index contributed by atoms with van der Waals surface area (Å²) >= 11 is 0. The van der Waals surface area contributed by atoms with Crippen molar-refractivity contribution in [3.63, 3.8) is 0 Å². The van der Waals surface area contributed by atoms with Crippen LogP contribution in [0.4, 0.5) is 6.01 Å². The Morgan fingerprint density at radius 2 is 1.86 bits per heavy atom. The number of likely N-dealkylation sites (tertiary alicyclic amines) is 1. The molecule has 2 fully saturated rings. The molecule has 1 aromatic heterocycles. The van der Waals surface area contributed by atoms with Gasteiger partial charge in [-0.25, -0.2) is 0 Å². The number of nitrogens with one attached hydrogen (secondary N) is 2. The summed E-state index contributed by atoms with van der Waals surface area (Å²) < 4.78 is 5.60. The maximum Gasteiger partial charge on any atom is 0.315 e. The van der Waals surface area contributed by atoms with Gasteiger partial charge in [0.1, 0.15) is 0 Å². The first-order valence-electron chi connectivity index (χ1n) is 8.28. The lowest BCUT2D eigenvalue weighted by Gasteiger charge is -2.43. The van der Waals surface area contributed by atoms with Gasteiger partial charge in [0.25, 0.3) is 0 Å². The third kappa shape index (κ3) is 3.37. The molecule has 21 heavy (non-hydrogen) atoms. The second-order valence-electron chi connectivity index (χ2n) is 6.36. The van der Waals surface area contributed by atoms with Crippen LogP contribution in [0, 0.1) is 0 Å². The lowest BCUT2D eigenvalue weighted by Crippen LogP contribution is -2.53. The fourth-order valence-corrected chi connectivity index (χ4v) is 3.79. The number of piperidine rings is 1. The van der Waals surface area contributed by atoms with E-state index in [9.17, 15) is 0 Å². The molecule has 6 heteroatoms. The number of aromatic nitrogens is 2. The van der Waals surface area contributed by atoms with Gasteiger partial charge in [0.05, 0.1) is 6.54 Å². The first kappa shape index (κ1) is 14.8. The fraction of sp³-hybridized carbons (Fsp3) is 0.867. The predicted octanol–water partition coefficient (Wildman–Crippen LogP) is 2.00.